The highest BCUT2D eigenvalue weighted by Crippen LogP contribution is 2.21. The van der Waals surface area contributed by atoms with Crippen molar-refractivity contribution in [2.45, 2.75) is 11.8 Å². The lowest BCUT2D eigenvalue weighted by Crippen LogP contribution is -2.29. The number of aryl methyl sites for hydroxylation is 1. The Kier molecular flexibility index (Phi) is 6.74. The van der Waals surface area contributed by atoms with E-state index in [-0.39, 0.29) is 22.7 Å². The van der Waals surface area contributed by atoms with Crippen molar-refractivity contribution in [1.82, 2.24) is 5.32 Å². The van der Waals surface area contributed by atoms with E-state index in [4.69, 9.17) is 11.2 Å². The number of halogens is 1. The summed E-state index contributed by atoms with van der Waals surface area (Å²) in [7, 11) is -4.07. The number of rotatable bonds is 7. The highest BCUT2D eigenvalue weighted by atomic mass is 32.2. The zero-order chi connectivity index (χ0) is 20.7. The second kappa shape index (κ2) is 9.01. The Morgan fingerprint density at radius 3 is 2.68 bits per heavy atom. The molecule has 0 saturated heterocycles. The molecule has 2 aromatic rings. The van der Waals surface area contributed by atoms with Gasteiger partial charge in [-0.2, -0.15) is 0 Å². The normalized spacial score (nSPS) is 10.6. The first-order chi connectivity index (χ1) is 13.2. The number of esters is 1. The summed E-state index contributed by atoms with van der Waals surface area (Å²) in [5.41, 5.74) is 0.471. The second-order valence-electron chi connectivity index (χ2n) is 5.65. The van der Waals surface area contributed by atoms with Gasteiger partial charge in [0, 0.05) is 5.69 Å². The third-order valence-electron chi connectivity index (χ3n) is 3.51. The largest absolute Gasteiger partial charge is 0.452 e. The van der Waals surface area contributed by atoms with Gasteiger partial charge in [-0.3, -0.25) is 9.52 Å². The van der Waals surface area contributed by atoms with Crippen molar-refractivity contribution in [3.8, 4) is 12.3 Å². The van der Waals surface area contributed by atoms with Crippen LogP contribution < -0.4 is 10.0 Å². The van der Waals surface area contributed by atoms with Gasteiger partial charge in [-0.1, -0.05) is 18.1 Å². The Hall–Kier alpha value is -3.38. The number of benzene rings is 2. The molecule has 0 aliphatic rings. The fourth-order valence-electron chi connectivity index (χ4n) is 2.20. The molecule has 0 aliphatic carbocycles. The SMILES string of the molecule is C#CCNC(=O)COC(=O)c1cccc(NS(=O)(=O)c2cc(F)ccc2C)c1. The number of hydrogen-bond acceptors (Lipinski definition) is 5. The van der Waals surface area contributed by atoms with Gasteiger partial charge in [0.05, 0.1) is 17.0 Å². The first kappa shape index (κ1) is 20.9. The molecular formula is C19H17FN2O5S. The van der Waals surface area contributed by atoms with Crippen molar-refractivity contribution >= 4 is 27.6 Å². The summed E-state index contributed by atoms with van der Waals surface area (Å²) >= 11 is 0. The van der Waals surface area contributed by atoms with Crippen molar-refractivity contribution in [2.24, 2.45) is 0 Å². The molecule has 0 radical (unpaired) electrons. The average Bonchev–Trinajstić information content (AvgIpc) is 2.66. The fourth-order valence-corrected chi connectivity index (χ4v) is 3.51. The number of carbonyl (C=O) groups is 2. The maximum absolute atomic E-state index is 13.4. The lowest BCUT2D eigenvalue weighted by Gasteiger charge is -2.11. The first-order valence-corrected chi connectivity index (χ1v) is 9.47. The van der Waals surface area contributed by atoms with Crippen LogP contribution in [0.4, 0.5) is 10.1 Å². The molecule has 7 nitrogen and oxygen atoms in total. The Bertz CT molecular complexity index is 1040. The zero-order valence-corrected chi connectivity index (χ0v) is 15.7. The zero-order valence-electron chi connectivity index (χ0n) is 14.9. The highest BCUT2D eigenvalue weighted by molar-refractivity contribution is 7.92. The van der Waals surface area contributed by atoms with E-state index >= 15 is 0 Å². The molecule has 0 heterocycles. The fraction of sp³-hybridized carbons (Fsp3) is 0.158. The van der Waals surface area contributed by atoms with E-state index in [0.29, 0.717) is 5.56 Å². The van der Waals surface area contributed by atoms with Crippen molar-refractivity contribution in [1.29, 1.82) is 0 Å². The summed E-state index contributed by atoms with van der Waals surface area (Å²) in [6.45, 7) is 1.01. The van der Waals surface area contributed by atoms with Crippen LogP contribution in [0.1, 0.15) is 15.9 Å². The molecule has 0 saturated carbocycles. The van der Waals surface area contributed by atoms with Gasteiger partial charge in [0.2, 0.25) is 0 Å². The summed E-state index contributed by atoms with van der Waals surface area (Å²) in [6, 6.07) is 8.91. The van der Waals surface area contributed by atoms with Gasteiger partial charge in [-0.25, -0.2) is 17.6 Å². The predicted molar refractivity (Wildman–Crippen MR) is 101 cm³/mol. The third kappa shape index (κ3) is 5.56. The molecule has 1 amide bonds. The number of anilines is 1. The molecule has 0 spiro atoms. The Balaban J connectivity index is 2.12. The van der Waals surface area contributed by atoms with Crippen molar-refractivity contribution in [3.05, 3.63) is 59.4 Å². The van der Waals surface area contributed by atoms with E-state index in [1.807, 2.05) is 0 Å². The summed E-state index contributed by atoms with van der Waals surface area (Å²) in [5.74, 6) is 0.133. The second-order valence-corrected chi connectivity index (χ2v) is 7.30. The van der Waals surface area contributed by atoms with Gasteiger partial charge < -0.3 is 10.1 Å². The van der Waals surface area contributed by atoms with Crippen molar-refractivity contribution in [2.75, 3.05) is 17.9 Å². The van der Waals surface area contributed by atoms with Crippen LogP contribution in [0.5, 0.6) is 0 Å². The number of nitrogens with one attached hydrogen (secondary N) is 2. The standard InChI is InChI=1S/C19H17FN2O5S/c1-3-9-21-18(23)12-27-19(24)14-5-4-6-16(10-14)22-28(25,26)17-11-15(20)8-7-13(17)2/h1,4-8,10-11,22H,9,12H2,2H3,(H,21,23). The van der Waals surface area contributed by atoms with E-state index in [9.17, 15) is 22.4 Å². The summed E-state index contributed by atoms with van der Waals surface area (Å²) in [6.07, 6.45) is 5.00. The molecule has 0 atom stereocenters. The van der Waals surface area contributed by atoms with Gasteiger partial charge in [0.15, 0.2) is 6.61 Å². The molecule has 146 valence electrons. The molecule has 0 bridgehead atoms. The van der Waals surface area contributed by atoms with Crippen LogP contribution in [0.3, 0.4) is 0 Å². The Labute approximate surface area is 162 Å². The van der Waals surface area contributed by atoms with Crippen molar-refractivity contribution in [3.63, 3.8) is 0 Å². The number of sulfonamides is 1. The molecule has 0 unspecified atom stereocenters. The lowest BCUT2D eigenvalue weighted by atomic mass is 10.2. The molecule has 2 rings (SSSR count). The van der Waals surface area contributed by atoms with Gasteiger partial charge in [-0.05, 0) is 42.8 Å². The Morgan fingerprint density at radius 2 is 1.96 bits per heavy atom. The number of hydrogen-bond donors (Lipinski definition) is 2. The molecule has 0 fully saturated rings. The monoisotopic (exact) mass is 404 g/mol. The van der Waals surface area contributed by atoms with Crippen LogP contribution >= 0.6 is 0 Å². The van der Waals surface area contributed by atoms with E-state index < -0.39 is 34.3 Å². The van der Waals surface area contributed by atoms with E-state index in [2.05, 4.69) is 16.0 Å². The van der Waals surface area contributed by atoms with Crippen LogP contribution in [0, 0.1) is 25.1 Å². The molecule has 0 aromatic heterocycles. The molecular weight excluding hydrogens is 387 g/mol. The molecule has 28 heavy (non-hydrogen) atoms. The Morgan fingerprint density at radius 1 is 1.21 bits per heavy atom. The molecule has 2 N–H and O–H groups in total. The summed E-state index contributed by atoms with van der Waals surface area (Å²) in [5, 5.41) is 2.34. The maximum atomic E-state index is 13.4. The quantitative estimate of drug-likeness (QED) is 0.542. The minimum absolute atomic E-state index is 0.00709. The molecule has 2 aromatic carbocycles. The minimum atomic E-state index is -4.07. The highest BCUT2D eigenvalue weighted by Gasteiger charge is 2.19. The predicted octanol–water partition coefficient (Wildman–Crippen LogP) is 1.84. The third-order valence-corrected chi connectivity index (χ3v) is 5.04. The van der Waals surface area contributed by atoms with Gasteiger partial charge >= 0.3 is 5.97 Å². The smallest absolute Gasteiger partial charge is 0.338 e. The number of carbonyl (C=O) groups excluding carboxylic acids is 2. The maximum Gasteiger partial charge on any atom is 0.338 e. The minimum Gasteiger partial charge on any atom is -0.452 e. The van der Waals surface area contributed by atoms with Crippen LogP contribution in [0.2, 0.25) is 0 Å². The van der Waals surface area contributed by atoms with E-state index in [1.54, 1.807) is 0 Å². The van der Waals surface area contributed by atoms with Gasteiger partial charge in [0.1, 0.15) is 5.82 Å². The van der Waals surface area contributed by atoms with Crippen LogP contribution in [0.25, 0.3) is 0 Å². The first-order valence-electron chi connectivity index (χ1n) is 7.99. The lowest BCUT2D eigenvalue weighted by molar-refractivity contribution is -0.123. The molecule has 0 aliphatic heterocycles. The molecule has 9 heteroatoms. The van der Waals surface area contributed by atoms with E-state index in [0.717, 1.165) is 12.1 Å². The van der Waals surface area contributed by atoms with Gasteiger partial charge in [0.25, 0.3) is 15.9 Å². The number of ether oxygens (including phenoxy) is 1. The summed E-state index contributed by atoms with van der Waals surface area (Å²) in [4.78, 5) is 23.2. The topological polar surface area (TPSA) is 102 Å². The van der Waals surface area contributed by atoms with Crippen LogP contribution in [-0.4, -0.2) is 33.4 Å². The van der Waals surface area contributed by atoms with Crippen LogP contribution in [-0.2, 0) is 19.6 Å². The summed E-state index contributed by atoms with van der Waals surface area (Å²) < 4.78 is 45.6. The number of terminal acetylenes is 1. The van der Waals surface area contributed by atoms with Gasteiger partial charge in [-0.15, -0.1) is 6.42 Å². The number of amides is 1. The van der Waals surface area contributed by atoms with Crippen LogP contribution in [0.15, 0.2) is 47.4 Å². The van der Waals surface area contributed by atoms with E-state index in [1.165, 1.54) is 37.3 Å². The van der Waals surface area contributed by atoms with Crippen molar-refractivity contribution < 1.29 is 27.1 Å². The average molecular weight is 404 g/mol.